The lowest BCUT2D eigenvalue weighted by Crippen LogP contribution is -2.24. The van der Waals surface area contributed by atoms with Crippen LogP contribution in [0.1, 0.15) is 25.0 Å². The summed E-state index contributed by atoms with van der Waals surface area (Å²) < 4.78 is 0. The highest BCUT2D eigenvalue weighted by Gasteiger charge is 2.09. The molecule has 2 aromatic carbocycles. The molecule has 4 nitrogen and oxygen atoms in total. The average molecular weight is 368 g/mol. The Hall–Kier alpha value is -2.77. The van der Waals surface area contributed by atoms with Crippen LogP contribution in [0, 0.1) is 11.3 Å². The maximum Gasteiger partial charge on any atom is 0.262 e. The predicted molar refractivity (Wildman–Crippen MR) is 107 cm³/mol. The Morgan fingerprint density at radius 3 is 2.27 bits per heavy atom. The van der Waals surface area contributed by atoms with Crippen LogP contribution in [0.5, 0.6) is 0 Å². The third-order valence-corrected chi connectivity index (χ3v) is 4.32. The lowest BCUT2D eigenvalue weighted by Gasteiger charge is -2.20. The summed E-state index contributed by atoms with van der Waals surface area (Å²) in [5.74, 6) is -0.393. The molecule has 2 rings (SSSR count). The molecular weight excluding hydrogens is 346 g/mol. The number of nitrogens with one attached hydrogen (secondary N) is 1. The third-order valence-electron chi connectivity index (χ3n) is 4.06. The highest BCUT2D eigenvalue weighted by molar-refractivity contribution is 6.30. The molecule has 0 spiro atoms. The number of amides is 1. The molecule has 0 radical (unpaired) electrons. The number of hydrogen-bond donors (Lipinski definition) is 1. The van der Waals surface area contributed by atoms with Crippen molar-refractivity contribution in [2.24, 2.45) is 0 Å². The molecule has 1 N–H and O–H groups in total. The Bertz CT molecular complexity index is 801. The van der Waals surface area contributed by atoms with Crippen molar-refractivity contribution in [3.8, 4) is 6.07 Å². The Kier molecular flexibility index (Phi) is 7.25. The predicted octanol–water partition coefficient (Wildman–Crippen LogP) is 4.41. The Morgan fingerprint density at radius 2 is 1.73 bits per heavy atom. The van der Waals surface area contributed by atoms with Gasteiger partial charge in [-0.3, -0.25) is 4.79 Å². The molecule has 2 aromatic rings. The first-order chi connectivity index (χ1) is 12.6. The minimum atomic E-state index is -0.393. The van der Waals surface area contributed by atoms with Crippen molar-refractivity contribution in [3.05, 3.63) is 70.3 Å². The maximum absolute atomic E-state index is 12.3. The Labute approximate surface area is 159 Å². The number of hydrogen-bond acceptors (Lipinski definition) is 3. The van der Waals surface area contributed by atoms with Crippen LogP contribution in [0.4, 0.5) is 5.69 Å². The largest absolute Gasteiger partial charge is 0.372 e. The molecule has 0 saturated heterocycles. The average Bonchev–Trinajstić information content (AvgIpc) is 2.67. The summed E-state index contributed by atoms with van der Waals surface area (Å²) in [6.07, 6.45) is 1.60. The van der Waals surface area contributed by atoms with E-state index < -0.39 is 5.91 Å². The van der Waals surface area contributed by atoms with Crippen molar-refractivity contribution in [2.45, 2.75) is 20.4 Å². The number of anilines is 1. The maximum atomic E-state index is 12.3. The second kappa shape index (κ2) is 9.65. The lowest BCUT2D eigenvalue weighted by atomic mass is 10.1. The van der Waals surface area contributed by atoms with Gasteiger partial charge < -0.3 is 10.2 Å². The first-order valence-corrected chi connectivity index (χ1v) is 8.94. The molecule has 0 aromatic heterocycles. The van der Waals surface area contributed by atoms with Gasteiger partial charge in [-0.15, -0.1) is 0 Å². The molecule has 134 valence electrons. The number of rotatable bonds is 7. The monoisotopic (exact) mass is 367 g/mol. The van der Waals surface area contributed by atoms with Gasteiger partial charge in [-0.25, -0.2) is 0 Å². The molecule has 0 aliphatic carbocycles. The van der Waals surface area contributed by atoms with E-state index in [9.17, 15) is 10.1 Å². The summed E-state index contributed by atoms with van der Waals surface area (Å²) >= 11 is 5.84. The Morgan fingerprint density at radius 1 is 1.12 bits per heavy atom. The zero-order valence-electron chi connectivity index (χ0n) is 15.0. The van der Waals surface area contributed by atoms with Gasteiger partial charge >= 0.3 is 0 Å². The van der Waals surface area contributed by atoms with E-state index in [1.807, 2.05) is 42.5 Å². The van der Waals surface area contributed by atoms with Crippen molar-refractivity contribution < 1.29 is 4.79 Å². The van der Waals surface area contributed by atoms with Crippen LogP contribution in [0.2, 0.25) is 5.02 Å². The molecule has 0 atom stereocenters. The van der Waals surface area contributed by atoms with Crippen LogP contribution < -0.4 is 10.2 Å². The van der Waals surface area contributed by atoms with Gasteiger partial charge in [-0.1, -0.05) is 35.9 Å². The summed E-state index contributed by atoms with van der Waals surface area (Å²) in [6, 6.07) is 17.0. The summed E-state index contributed by atoms with van der Waals surface area (Å²) in [5, 5.41) is 12.7. The van der Waals surface area contributed by atoms with E-state index in [2.05, 4.69) is 24.1 Å². The first-order valence-electron chi connectivity index (χ1n) is 8.56. The van der Waals surface area contributed by atoms with Crippen molar-refractivity contribution >= 4 is 29.3 Å². The van der Waals surface area contributed by atoms with Gasteiger partial charge in [-0.05, 0) is 55.3 Å². The van der Waals surface area contributed by atoms with Gasteiger partial charge in [0.05, 0.1) is 0 Å². The molecule has 0 heterocycles. The van der Waals surface area contributed by atoms with E-state index in [1.165, 1.54) is 0 Å². The fourth-order valence-corrected chi connectivity index (χ4v) is 2.69. The van der Waals surface area contributed by atoms with E-state index in [4.69, 9.17) is 11.6 Å². The van der Waals surface area contributed by atoms with Gasteiger partial charge in [0.1, 0.15) is 11.6 Å². The quantitative estimate of drug-likeness (QED) is 0.582. The van der Waals surface area contributed by atoms with Gasteiger partial charge in [0.2, 0.25) is 0 Å². The van der Waals surface area contributed by atoms with E-state index in [-0.39, 0.29) is 5.57 Å². The second-order valence-electron chi connectivity index (χ2n) is 5.74. The standard InChI is InChI=1S/C21H22ClN3O/c1-3-25(4-2)20-11-7-16(8-12-20)13-18(14-23)21(26)24-15-17-5-9-19(22)10-6-17/h5-13H,3-4,15H2,1-2H3,(H,24,26). The van der Waals surface area contributed by atoms with Crippen molar-refractivity contribution in [1.82, 2.24) is 5.32 Å². The summed E-state index contributed by atoms with van der Waals surface area (Å²) in [6.45, 7) is 6.42. The molecule has 0 unspecified atom stereocenters. The van der Waals surface area contributed by atoms with E-state index in [0.717, 1.165) is 29.9 Å². The van der Waals surface area contributed by atoms with Gasteiger partial charge in [0.25, 0.3) is 5.91 Å². The molecule has 5 heteroatoms. The van der Waals surface area contributed by atoms with Crippen LogP contribution in [-0.4, -0.2) is 19.0 Å². The van der Waals surface area contributed by atoms with Crippen LogP contribution in [-0.2, 0) is 11.3 Å². The molecule has 26 heavy (non-hydrogen) atoms. The molecular formula is C21H22ClN3O. The fraction of sp³-hybridized carbons (Fsp3) is 0.238. The first kappa shape index (κ1) is 19.6. The van der Waals surface area contributed by atoms with Crippen molar-refractivity contribution in [3.63, 3.8) is 0 Å². The van der Waals surface area contributed by atoms with E-state index >= 15 is 0 Å². The summed E-state index contributed by atoms with van der Waals surface area (Å²) in [5.41, 5.74) is 2.94. The molecule has 0 aliphatic heterocycles. The van der Waals surface area contributed by atoms with Gasteiger partial charge in [-0.2, -0.15) is 5.26 Å². The smallest absolute Gasteiger partial charge is 0.262 e. The molecule has 0 aliphatic rings. The summed E-state index contributed by atoms with van der Waals surface area (Å²) in [4.78, 5) is 14.5. The van der Waals surface area contributed by atoms with E-state index in [0.29, 0.717) is 11.6 Å². The second-order valence-corrected chi connectivity index (χ2v) is 6.18. The molecule has 0 bridgehead atoms. The number of benzene rings is 2. The van der Waals surface area contributed by atoms with Gasteiger partial charge in [0.15, 0.2) is 0 Å². The fourth-order valence-electron chi connectivity index (χ4n) is 2.57. The molecule has 1 amide bonds. The van der Waals surface area contributed by atoms with Crippen LogP contribution in [0.15, 0.2) is 54.1 Å². The minimum Gasteiger partial charge on any atom is -0.372 e. The minimum absolute atomic E-state index is 0.0783. The number of nitriles is 1. The van der Waals surface area contributed by atoms with Crippen molar-refractivity contribution in [1.29, 1.82) is 5.26 Å². The molecule has 0 fully saturated rings. The topological polar surface area (TPSA) is 56.1 Å². The number of carbonyl (C=O) groups excluding carboxylic acids is 1. The zero-order chi connectivity index (χ0) is 18.9. The van der Waals surface area contributed by atoms with Crippen LogP contribution in [0.3, 0.4) is 0 Å². The van der Waals surface area contributed by atoms with Gasteiger partial charge in [0, 0.05) is 30.3 Å². The normalized spacial score (nSPS) is 10.9. The SMILES string of the molecule is CCN(CC)c1ccc(C=C(C#N)C(=O)NCc2ccc(Cl)cc2)cc1. The zero-order valence-corrected chi connectivity index (χ0v) is 15.8. The van der Waals surface area contributed by atoms with Crippen molar-refractivity contribution in [2.75, 3.05) is 18.0 Å². The number of halogens is 1. The highest BCUT2D eigenvalue weighted by Crippen LogP contribution is 2.17. The highest BCUT2D eigenvalue weighted by atomic mass is 35.5. The number of carbonyl (C=O) groups is 1. The van der Waals surface area contributed by atoms with Crippen LogP contribution in [0.25, 0.3) is 6.08 Å². The lowest BCUT2D eigenvalue weighted by molar-refractivity contribution is -0.117. The summed E-state index contributed by atoms with van der Waals surface area (Å²) in [7, 11) is 0. The number of nitrogens with zero attached hydrogens (tertiary/aromatic N) is 2. The molecule has 0 saturated carbocycles. The van der Waals surface area contributed by atoms with Crippen LogP contribution >= 0.6 is 11.6 Å². The van der Waals surface area contributed by atoms with E-state index in [1.54, 1.807) is 18.2 Å². The Balaban J connectivity index is 2.05. The third kappa shape index (κ3) is 5.37.